The zero-order valence-corrected chi connectivity index (χ0v) is 17.8. The molecule has 1 amide bonds. The minimum atomic E-state index is -0.494. The Morgan fingerprint density at radius 2 is 1.72 bits per heavy atom. The Morgan fingerprint density at radius 3 is 2.50 bits per heavy atom. The molecule has 0 saturated heterocycles. The molecule has 0 heterocycles. The van der Waals surface area contributed by atoms with E-state index in [0.717, 1.165) is 11.1 Å². The van der Waals surface area contributed by atoms with Crippen molar-refractivity contribution < 1.29 is 9.53 Å². The van der Waals surface area contributed by atoms with E-state index in [1.54, 1.807) is 24.3 Å². The molecular weight excluding hydrogens is 420 g/mol. The molecule has 0 spiro atoms. The highest BCUT2D eigenvalue weighted by molar-refractivity contribution is 6.31. The van der Waals surface area contributed by atoms with Crippen molar-refractivity contribution in [1.29, 1.82) is 5.26 Å². The lowest BCUT2D eigenvalue weighted by molar-refractivity contribution is -0.112. The number of rotatable bonds is 6. The predicted octanol–water partition coefficient (Wildman–Crippen LogP) is 6.62. The number of hydrogen-bond acceptors (Lipinski definition) is 3. The van der Waals surface area contributed by atoms with Crippen LogP contribution in [0.2, 0.25) is 5.02 Å². The SMILES string of the molecule is N#C/C(=C\c1ccc(OCc2cccc3ccccc23)cc1)C(=O)Nc1cccc(Cl)c1. The molecule has 0 bridgehead atoms. The van der Waals surface area contributed by atoms with Crippen molar-refractivity contribution in [2.75, 3.05) is 5.32 Å². The van der Waals surface area contributed by atoms with Gasteiger partial charge >= 0.3 is 0 Å². The van der Waals surface area contributed by atoms with E-state index in [1.165, 1.54) is 16.8 Å². The Bertz CT molecular complexity index is 1330. The number of nitrogens with zero attached hydrogens (tertiary/aromatic N) is 1. The maximum Gasteiger partial charge on any atom is 0.266 e. The summed E-state index contributed by atoms with van der Waals surface area (Å²) in [6.07, 6.45) is 1.54. The Hall–Kier alpha value is -4.07. The molecule has 0 radical (unpaired) electrons. The summed E-state index contributed by atoms with van der Waals surface area (Å²) in [6, 6.07) is 30.3. The summed E-state index contributed by atoms with van der Waals surface area (Å²) in [5.41, 5.74) is 2.35. The van der Waals surface area contributed by atoms with Crippen molar-refractivity contribution in [2.24, 2.45) is 0 Å². The minimum Gasteiger partial charge on any atom is -0.489 e. The molecule has 0 unspecified atom stereocenters. The fourth-order valence-electron chi connectivity index (χ4n) is 3.32. The highest BCUT2D eigenvalue weighted by atomic mass is 35.5. The minimum absolute atomic E-state index is 0.00519. The first-order chi connectivity index (χ1) is 15.6. The maximum atomic E-state index is 12.4. The van der Waals surface area contributed by atoms with Gasteiger partial charge in [-0.3, -0.25) is 4.79 Å². The van der Waals surface area contributed by atoms with Crippen LogP contribution in [0.1, 0.15) is 11.1 Å². The number of ether oxygens (including phenoxy) is 1. The Labute approximate surface area is 191 Å². The summed E-state index contributed by atoms with van der Waals surface area (Å²) in [7, 11) is 0. The average molecular weight is 439 g/mol. The second-order valence-corrected chi connectivity index (χ2v) is 7.57. The van der Waals surface area contributed by atoms with Gasteiger partial charge in [0.05, 0.1) is 0 Å². The summed E-state index contributed by atoms with van der Waals surface area (Å²) >= 11 is 5.94. The van der Waals surface area contributed by atoms with E-state index in [4.69, 9.17) is 16.3 Å². The third-order valence-electron chi connectivity index (χ3n) is 4.91. The summed E-state index contributed by atoms with van der Waals surface area (Å²) in [6.45, 7) is 0.446. The highest BCUT2D eigenvalue weighted by Crippen LogP contribution is 2.22. The van der Waals surface area contributed by atoms with E-state index in [1.807, 2.05) is 48.5 Å². The van der Waals surface area contributed by atoms with Gasteiger partial charge in [-0.15, -0.1) is 0 Å². The van der Waals surface area contributed by atoms with Crippen LogP contribution in [0.25, 0.3) is 16.8 Å². The topological polar surface area (TPSA) is 62.1 Å². The molecule has 5 heteroatoms. The van der Waals surface area contributed by atoms with Crippen LogP contribution in [0.5, 0.6) is 5.75 Å². The molecule has 0 aliphatic heterocycles. The lowest BCUT2D eigenvalue weighted by atomic mass is 10.1. The number of anilines is 1. The first-order valence-electron chi connectivity index (χ1n) is 10.0. The third kappa shape index (κ3) is 5.15. The first-order valence-corrected chi connectivity index (χ1v) is 10.4. The van der Waals surface area contributed by atoms with Gasteiger partial charge in [0.15, 0.2) is 0 Å². The van der Waals surface area contributed by atoms with Gasteiger partial charge < -0.3 is 10.1 Å². The van der Waals surface area contributed by atoms with Gasteiger partial charge in [-0.05, 0) is 58.3 Å². The molecule has 0 atom stereocenters. The second kappa shape index (κ2) is 9.82. The fourth-order valence-corrected chi connectivity index (χ4v) is 3.51. The number of amides is 1. The van der Waals surface area contributed by atoms with E-state index >= 15 is 0 Å². The van der Waals surface area contributed by atoms with Crippen molar-refractivity contribution in [2.45, 2.75) is 6.61 Å². The molecule has 0 saturated carbocycles. The van der Waals surface area contributed by atoms with Crippen molar-refractivity contribution in [3.8, 4) is 11.8 Å². The van der Waals surface area contributed by atoms with E-state index in [-0.39, 0.29) is 5.57 Å². The number of carbonyl (C=O) groups excluding carboxylic acids is 1. The van der Waals surface area contributed by atoms with E-state index < -0.39 is 5.91 Å². The molecule has 0 aromatic heterocycles. The quantitative estimate of drug-likeness (QED) is 0.272. The first kappa shape index (κ1) is 21.2. The number of fused-ring (bicyclic) bond motifs is 1. The second-order valence-electron chi connectivity index (χ2n) is 7.13. The Balaban J connectivity index is 1.43. The maximum absolute atomic E-state index is 12.4. The largest absolute Gasteiger partial charge is 0.489 e. The number of nitriles is 1. The molecule has 0 aliphatic carbocycles. The third-order valence-corrected chi connectivity index (χ3v) is 5.15. The summed E-state index contributed by atoms with van der Waals surface area (Å²) in [4.78, 5) is 12.4. The van der Waals surface area contributed by atoms with Crippen LogP contribution in [0.15, 0.2) is 96.6 Å². The van der Waals surface area contributed by atoms with Crippen LogP contribution in [0.3, 0.4) is 0 Å². The van der Waals surface area contributed by atoms with Crippen molar-refractivity contribution >= 4 is 40.0 Å². The van der Waals surface area contributed by atoms with Gasteiger partial charge in [-0.25, -0.2) is 0 Å². The van der Waals surface area contributed by atoms with Crippen molar-refractivity contribution in [3.63, 3.8) is 0 Å². The smallest absolute Gasteiger partial charge is 0.266 e. The molecule has 0 aliphatic rings. The number of halogens is 1. The molecule has 1 N–H and O–H groups in total. The molecule has 4 aromatic rings. The van der Waals surface area contributed by atoms with Crippen LogP contribution in [-0.4, -0.2) is 5.91 Å². The van der Waals surface area contributed by atoms with Gasteiger partial charge in [0, 0.05) is 10.7 Å². The predicted molar refractivity (Wildman–Crippen MR) is 128 cm³/mol. The van der Waals surface area contributed by atoms with E-state index in [9.17, 15) is 10.1 Å². The zero-order valence-electron chi connectivity index (χ0n) is 17.1. The molecule has 4 aromatic carbocycles. The highest BCUT2D eigenvalue weighted by Gasteiger charge is 2.10. The molecule has 4 nitrogen and oxygen atoms in total. The van der Waals surface area contributed by atoms with Crippen LogP contribution in [0, 0.1) is 11.3 Å². The number of carbonyl (C=O) groups is 1. The number of nitrogens with one attached hydrogen (secondary N) is 1. The number of hydrogen-bond donors (Lipinski definition) is 1. The van der Waals surface area contributed by atoms with Gasteiger partial charge in [0.25, 0.3) is 5.91 Å². The van der Waals surface area contributed by atoms with Gasteiger partial charge in [-0.2, -0.15) is 5.26 Å². The van der Waals surface area contributed by atoms with Crippen LogP contribution >= 0.6 is 11.6 Å². The van der Waals surface area contributed by atoms with Crippen LogP contribution in [0.4, 0.5) is 5.69 Å². The van der Waals surface area contributed by atoms with Crippen molar-refractivity contribution in [1.82, 2.24) is 0 Å². The number of benzene rings is 4. The van der Waals surface area contributed by atoms with E-state index in [2.05, 4.69) is 29.6 Å². The van der Waals surface area contributed by atoms with Crippen LogP contribution in [-0.2, 0) is 11.4 Å². The summed E-state index contributed by atoms with van der Waals surface area (Å²) in [5, 5.41) is 14.9. The average Bonchev–Trinajstić information content (AvgIpc) is 2.82. The van der Waals surface area contributed by atoms with E-state index in [0.29, 0.717) is 23.1 Å². The zero-order chi connectivity index (χ0) is 22.3. The van der Waals surface area contributed by atoms with Crippen LogP contribution < -0.4 is 10.1 Å². The molecule has 32 heavy (non-hydrogen) atoms. The van der Waals surface area contributed by atoms with Crippen molar-refractivity contribution in [3.05, 3.63) is 113 Å². The lowest BCUT2D eigenvalue weighted by Crippen LogP contribution is -2.13. The summed E-state index contributed by atoms with van der Waals surface area (Å²) < 4.78 is 5.95. The molecule has 156 valence electrons. The van der Waals surface area contributed by atoms with Gasteiger partial charge in [-0.1, -0.05) is 72.3 Å². The van der Waals surface area contributed by atoms with Gasteiger partial charge in [0.1, 0.15) is 24.0 Å². The summed E-state index contributed by atoms with van der Waals surface area (Å²) in [5.74, 6) is 0.211. The molecule has 4 rings (SSSR count). The fraction of sp³-hybridized carbons (Fsp3) is 0.0370. The monoisotopic (exact) mass is 438 g/mol. The molecular formula is C27H19ClN2O2. The molecule has 0 fully saturated rings. The lowest BCUT2D eigenvalue weighted by Gasteiger charge is -2.09. The normalized spacial score (nSPS) is 11.1. The standard InChI is InChI=1S/C27H19ClN2O2/c28-23-8-4-9-24(16-23)30-27(31)22(17-29)15-19-11-13-25(14-12-19)32-18-21-7-3-6-20-5-1-2-10-26(20)21/h1-16H,18H2,(H,30,31)/b22-15+. The van der Waals surface area contributed by atoms with Gasteiger partial charge in [0.2, 0.25) is 0 Å². The Morgan fingerprint density at radius 1 is 0.969 bits per heavy atom. The Kier molecular flexibility index (Phi) is 6.50.